The molecule has 0 aliphatic carbocycles. The van der Waals surface area contributed by atoms with Gasteiger partial charge >= 0.3 is 0 Å². The Morgan fingerprint density at radius 2 is 1.79 bits per heavy atom. The molecule has 1 aromatic rings. The van der Waals surface area contributed by atoms with Gasteiger partial charge in [-0.2, -0.15) is 0 Å². The molecule has 4 nitrogen and oxygen atoms in total. The highest BCUT2D eigenvalue weighted by Gasteiger charge is 2.14. The third-order valence-electron chi connectivity index (χ3n) is 2.31. The first kappa shape index (κ1) is 10.9. The summed E-state index contributed by atoms with van der Waals surface area (Å²) in [6, 6.07) is 0. The van der Waals surface area contributed by atoms with Crippen LogP contribution < -0.4 is 0 Å². The van der Waals surface area contributed by atoms with Crippen LogP contribution in [0.4, 0.5) is 0 Å². The zero-order chi connectivity index (χ0) is 10.7. The van der Waals surface area contributed by atoms with Crippen molar-refractivity contribution in [1.82, 2.24) is 4.98 Å². The Hall–Kier alpha value is -1.13. The second kappa shape index (κ2) is 4.39. The van der Waals surface area contributed by atoms with Crippen molar-refractivity contribution in [3.05, 3.63) is 22.5 Å². The van der Waals surface area contributed by atoms with Gasteiger partial charge in [-0.25, -0.2) is 0 Å². The highest BCUT2D eigenvalue weighted by atomic mass is 16.3. The van der Waals surface area contributed by atoms with E-state index in [1.54, 1.807) is 6.92 Å². The molecular weight excluding hydrogens is 182 g/mol. The van der Waals surface area contributed by atoms with Crippen LogP contribution in [0.15, 0.2) is 0 Å². The van der Waals surface area contributed by atoms with Gasteiger partial charge in [0.1, 0.15) is 5.75 Å². The fraction of sp³-hybridized carbons (Fsp3) is 0.500. The van der Waals surface area contributed by atoms with Gasteiger partial charge in [0.25, 0.3) is 0 Å². The molecule has 0 amide bonds. The van der Waals surface area contributed by atoms with Gasteiger partial charge in [-0.3, -0.25) is 4.98 Å². The molecule has 78 valence electrons. The summed E-state index contributed by atoms with van der Waals surface area (Å²) in [4.78, 5) is 4.06. The smallest absolute Gasteiger partial charge is 0.142 e. The van der Waals surface area contributed by atoms with Gasteiger partial charge in [0.2, 0.25) is 0 Å². The van der Waals surface area contributed by atoms with E-state index in [9.17, 15) is 5.11 Å². The Morgan fingerprint density at radius 3 is 2.21 bits per heavy atom. The van der Waals surface area contributed by atoms with Crippen LogP contribution in [0.3, 0.4) is 0 Å². The number of aryl methyl sites for hydroxylation is 1. The summed E-state index contributed by atoms with van der Waals surface area (Å²) in [6.07, 6.45) is 0.632. The third-order valence-corrected chi connectivity index (χ3v) is 2.31. The molecule has 0 aliphatic heterocycles. The topological polar surface area (TPSA) is 73.6 Å². The minimum Gasteiger partial charge on any atom is -0.506 e. The molecule has 0 unspecified atom stereocenters. The molecule has 14 heavy (non-hydrogen) atoms. The Balaban J connectivity index is 3.42. The third kappa shape index (κ3) is 1.71. The summed E-state index contributed by atoms with van der Waals surface area (Å²) in [5, 5.41) is 27.8. The van der Waals surface area contributed by atoms with Gasteiger partial charge in [-0.05, 0) is 18.9 Å². The van der Waals surface area contributed by atoms with Crippen molar-refractivity contribution in [2.24, 2.45) is 0 Å². The summed E-state index contributed by atoms with van der Waals surface area (Å²) >= 11 is 0. The van der Waals surface area contributed by atoms with E-state index in [1.165, 1.54) is 0 Å². The highest BCUT2D eigenvalue weighted by molar-refractivity contribution is 5.43. The monoisotopic (exact) mass is 197 g/mol. The number of nitrogens with zero attached hydrogens (tertiary/aromatic N) is 1. The number of aliphatic hydroxyl groups excluding tert-OH is 2. The van der Waals surface area contributed by atoms with Gasteiger partial charge < -0.3 is 15.3 Å². The minimum atomic E-state index is -0.231. The zero-order valence-electron chi connectivity index (χ0n) is 8.41. The molecular formula is C10H15NO3. The normalized spacial score (nSPS) is 10.6. The number of aromatic hydroxyl groups is 1. The number of aliphatic hydroxyl groups is 2. The molecule has 0 saturated heterocycles. The number of rotatable bonds is 3. The lowest BCUT2D eigenvalue weighted by molar-refractivity contribution is 0.264. The van der Waals surface area contributed by atoms with Crippen molar-refractivity contribution in [2.45, 2.75) is 33.5 Å². The molecule has 0 bridgehead atoms. The molecule has 0 saturated carbocycles. The number of aromatic nitrogens is 1. The van der Waals surface area contributed by atoms with E-state index >= 15 is 0 Å². The quantitative estimate of drug-likeness (QED) is 0.665. The van der Waals surface area contributed by atoms with Gasteiger partial charge in [0, 0.05) is 5.56 Å². The molecule has 0 radical (unpaired) electrons. The molecule has 0 spiro atoms. The molecule has 1 heterocycles. The fourth-order valence-corrected chi connectivity index (χ4v) is 1.58. The standard InChI is InChI=1S/C10H15NO3/c1-3-7-8(4-12)10(14)6(2)11-9(7)5-13/h12-14H,3-5H2,1-2H3. The molecule has 1 aromatic heterocycles. The lowest BCUT2D eigenvalue weighted by Crippen LogP contribution is -2.05. The molecule has 3 N–H and O–H groups in total. The van der Waals surface area contributed by atoms with E-state index in [-0.39, 0.29) is 19.0 Å². The van der Waals surface area contributed by atoms with E-state index in [4.69, 9.17) is 10.2 Å². The number of pyridine rings is 1. The van der Waals surface area contributed by atoms with Crippen LogP contribution >= 0.6 is 0 Å². The predicted octanol–water partition coefficient (Wildman–Crippen LogP) is 0.643. The van der Waals surface area contributed by atoms with E-state index in [0.29, 0.717) is 23.4 Å². The van der Waals surface area contributed by atoms with Crippen LogP contribution in [0.2, 0.25) is 0 Å². The summed E-state index contributed by atoms with van der Waals surface area (Å²) in [5.74, 6) is 0.0292. The Morgan fingerprint density at radius 1 is 1.14 bits per heavy atom. The van der Waals surface area contributed by atoms with Crippen LogP contribution in [-0.2, 0) is 19.6 Å². The van der Waals surface area contributed by atoms with Gasteiger partial charge in [0.15, 0.2) is 0 Å². The van der Waals surface area contributed by atoms with Crippen LogP contribution in [0.25, 0.3) is 0 Å². The summed E-state index contributed by atoms with van der Waals surface area (Å²) in [7, 11) is 0. The molecule has 0 atom stereocenters. The van der Waals surface area contributed by atoms with Crippen LogP contribution in [-0.4, -0.2) is 20.3 Å². The Labute approximate surface area is 82.9 Å². The largest absolute Gasteiger partial charge is 0.506 e. The summed E-state index contributed by atoms with van der Waals surface area (Å²) < 4.78 is 0. The maximum Gasteiger partial charge on any atom is 0.142 e. The molecule has 1 rings (SSSR count). The van der Waals surface area contributed by atoms with E-state index in [0.717, 1.165) is 5.56 Å². The average Bonchev–Trinajstić information content (AvgIpc) is 2.20. The van der Waals surface area contributed by atoms with Crippen LogP contribution in [0.5, 0.6) is 5.75 Å². The van der Waals surface area contributed by atoms with E-state index in [1.807, 2.05) is 6.92 Å². The molecule has 4 heteroatoms. The maximum absolute atomic E-state index is 9.63. The van der Waals surface area contributed by atoms with Crippen LogP contribution in [0.1, 0.15) is 29.4 Å². The fourth-order valence-electron chi connectivity index (χ4n) is 1.58. The van der Waals surface area contributed by atoms with E-state index < -0.39 is 0 Å². The summed E-state index contributed by atoms with van der Waals surface area (Å²) in [6.45, 7) is 3.14. The molecule has 0 aliphatic rings. The minimum absolute atomic E-state index is 0.0292. The summed E-state index contributed by atoms with van der Waals surface area (Å²) in [5.41, 5.74) is 2.18. The van der Waals surface area contributed by atoms with Crippen molar-refractivity contribution >= 4 is 0 Å². The second-order valence-electron chi connectivity index (χ2n) is 3.12. The molecule has 0 aromatic carbocycles. The number of hydrogen-bond donors (Lipinski definition) is 3. The highest BCUT2D eigenvalue weighted by Crippen LogP contribution is 2.26. The predicted molar refractivity (Wildman–Crippen MR) is 51.9 cm³/mol. The van der Waals surface area contributed by atoms with Crippen molar-refractivity contribution in [3.63, 3.8) is 0 Å². The number of hydrogen-bond acceptors (Lipinski definition) is 4. The zero-order valence-corrected chi connectivity index (χ0v) is 8.41. The van der Waals surface area contributed by atoms with Crippen LogP contribution in [0, 0.1) is 6.92 Å². The van der Waals surface area contributed by atoms with Gasteiger partial charge in [-0.15, -0.1) is 0 Å². The average molecular weight is 197 g/mol. The lowest BCUT2D eigenvalue weighted by Gasteiger charge is -2.13. The van der Waals surface area contributed by atoms with E-state index in [2.05, 4.69) is 4.98 Å². The maximum atomic E-state index is 9.63. The van der Waals surface area contributed by atoms with Gasteiger partial charge in [0.05, 0.1) is 24.6 Å². The van der Waals surface area contributed by atoms with Crippen molar-refractivity contribution < 1.29 is 15.3 Å². The first-order valence-corrected chi connectivity index (χ1v) is 4.57. The van der Waals surface area contributed by atoms with Crippen molar-refractivity contribution in [2.75, 3.05) is 0 Å². The SMILES string of the molecule is CCc1c(CO)nc(C)c(O)c1CO. The Bertz CT molecular complexity index is 337. The molecule has 0 fully saturated rings. The first-order valence-electron chi connectivity index (χ1n) is 4.57. The lowest BCUT2D eigenvalue weighted by atomic mass is 10.0. The van der Waals surface area contributed by atoms with Crippen molar-refractivity contribution in [3.8, 4) is 5.75 Å². The second-order valence-corrected chi connectivity index (χ2v) is 3.12. The first-order chi connectivity index (χ1) is 6.65. The van der Waals surface area contributed by atoms with Gasteiger partial charge in [-0.1, -0.05) is 6.92 Å². The van der Waals surface area contributed by atoms with Crippen molar-refractivity contribution in [1.29, 1.82) is 0 Å². The Kier molecular flexibility index (Phi) is 3.43.